The van der Waals surface area contributed by atoms with Crippen LogP contribution in [0.5, 0.6) is 5.75 Å². The van der Waals surface area contributed by atoms with Gasteiger partial charge in [0.1, 0.15) is 5.75 Å². The molecule has 188 valence electrons. The van der Waals surface area contributed by atoms with Crippen molar-refractivity contribution in [1.82, 2.24) is 4.90 Å². The van der Waals surface area contributed by atoms with Gasteiger partial charge in [-0.05, 0) is 42.7 Å². The minimum atomic E-state index is -0.0866. The first kappa shape index (κ1) is 24.1. The Morgan fingerprint density at radius 3 is 2.56 bits per heavy atom. The Balaban J connectivity index is 1.53. The summed E-state index contributed by atoms with van der Waals surface area (Å²) < 4.78 is 10.8. The zero-order valence-electron chi connectivity index (χ0n) is 20.8. The van der Waals surface area contributed by atoms with Crippen LogP contribution in [0.25, 0.3) is 5.70 Å². The molecule has 2 aromatic carbocycles. The summed E-state index contributed by atoms with van der Waals surface area (Å²) in [6.07, 6.45) is 2.40. The summed E-state index contributed by atoms with van der Waals surface area (Å²) in [5.41, 5.74) is 12.2. The lowest BCUT2D eigenvalue weighted by Crippen LogP contribution is -2.40. The number of amides is 2. The molecular weight excluding hydrogens is 456 g/mol. The number of hydrogen-bond donors (Lipinski definition) is 1. The number of carbonyl (C=O) groups is 2. The number of nitrogens with two attached hydrogens (primary N) is 1. The van der Waals surface area contributed by atoms with Gasteiger partial charge in [0.05, 0.1) is 25.3 Å². The highest BCUT2D eigenvalue weighted by Crippen LogP contribution is 2.34. The average molecular weight is 489 g/mol. The smallest absolute Gasteiger partial charge is 0.259 e. The Morgan fingerprint density at radius 2 is 1.86 bits per heavy atom. The molecule has 0 radical (unpaired) electrons. The Bertz CT molecular complexity index is 1230. The molecule has 0 aliphatic carbocycles. The van der Waals surface area contributed by atoms with Crippen LogP contribution in [0.3, 0.4) is 0 Å². The maximum Gasteiger partial charge on any atom is 0.259 e. The number of benzene rings is 2. The molecular formula is C28H32N4O4. The van der Waals surface area contributed by atoms with Crippen molar-refractivity contribution in [2.75, 3.05) is 38.3 Å². The van der Waals surface area contributed by atoms with Crippen molar-refractivity contribution in [3.05, 3.63) is 64.7 Å². The lowest BCUT2D eigenvalue weighted by molar-refractivity contribution is -0.128. The van der Waals surface area contributed by atoms with E-state index >= 15 is 0 Å². The number of hydrogen-bond acceptors (Lipinski definition) is 6. The van der Waals surface area contributed by atoms with Crippen molar-refractivity contribution in [2.45, 2.75) is 38.8 Å². The van der Waals surface area contributed by atoms with Crippen LogP contribution in [-0.4, -0.2) is 61.9 Å². The summed E-state index contributed by atoms with van der Waals surface area (Å²) in [5, 5.41) is 0. The molecule has 3 heterocycles. The highest BCUT2D eigenvalue weighted by Gasteiger charge is 2.33. The number of fused-ring (bicyclic) bond motifs is 1. The summed E-state index contributed by atoms with van der Waals surface area (Å²) in [6, 6.07) is 13.5. The minimum absolute atomic E-state index is 0.00506. The molecule has 0 atom stereocenters. The zero-order chi connectivity index (χ0) is 25.2. The molecule has 3 aliphatic heterocycles. The van der Waals surface area contributed by atoms with Gasteiger partial charge in [0.2, 0.25) is 5.91 Å². The third-order valence-electron chi connectivity index (χ3n) is 7.23. The van der Waals surface area contributed by atoms with Gasteiger partial charge in [-0.2, -0.15) is 0 Å². The monoisotopic (exact) mass is 488 g/mol. The van der Waals surface area contributed by atoms with Gasteiger partial charge in [-0.1, -0.05) is 18.2 Å². The molecule has 0 aromatic heterocycles. The minimum Gasteiger partial charge on any atom is -0.497 e. The summed E-state index contributed by atoms with van der Waals surface area (Å²) in [6.45, 7) is 4.47. The number of rotatable bonds is 4. The van der Waals surface area contributed by atoms with Crippen LogP contribution in [0.1, 0.15) is 47.7 Å². The van der Waals surface area contributed by atoms with E-state index in [0.29, 0.717) is 56.1 Å². The van der Waals surface area contributed by atoms with Crippen LogP contribution in [-0.2, 0) is 16.1 Å². The predicted octanol–water partition coefficient (Wildman–Crippen LogP) is 3.40. The third kappa shape index (κ3) is 4.60. The molecule has 2 aromatic rings. The molecule has 0 unspecified atom stereocenters. The second kappa shape index (κ2) is 10.1. The first-order valence-corrected chi connectivity index (χ1v) is 12.4. The van der Waals surface area contributed by atoms with E-state index in [-0.39, 0.29) is 17.9 Å². The molecule has 3 aliphatic rings. The van der Waals surface area contributed by atoms with Crippen molar-refractivity contribution in [1.29, 1.82) is 0 Å². The first-order valence-electron chi connectivity index (χ1n) is 12.4. The average Bonchev–Trinajstić information content (AvgIpc) is 3.25. The number of ether oxygens (including phenoxy) is 2. The first-order chi connectivity index (χ1) is 17.5. The van der Waals surface area contributed by atoms with Gasteiger partial charge in [-0.25, -0.2) is 0 Å². The van der Waals surface area contributed by atoms with Crippen molar-refractivity contribution in [3.63, 3.8) is 0 Å². The van der Waals surface area contributed by atoms with E-state index in [4.69, 9.17) is 20.2 Å². The van der Waals surface area contributed by atoms with Crippen LogP contribution in [0.2, 0.25) is 0 Å². The predicted molar refractivity (Wildman–Crippen MR) is 139 cm³/mol. The molecule has 0 saturated carbocycles. The number of nitrogens with zero attached hydrogens (tertiary/aromatic N) is 3. The standard InChI is InChI=1S/C28H32N4O4/c1-18(33)31-13-10-25(30-20-11-14-36-15-12-20)24(17-31)27(29)23-5-3-4-19-16-32(28(34)26(19)23)21-6-8-22(35-2)9-7-21/h3-9,20H,10-17,29H2,1-2H3. The Labute approximate surface area is 211 Å². The second-order valence-electron chi connectivity index (χ2n) is 9.43. The summed E-state index contributed by atoms with van der Waals surface area (Å²) >= 11 is 0. The van der Waals surface area contributed by atoms with Crippen molar-refractivity contribution >= 4 is 28.9 Å². The molecule has 2 fully saturated rings. The number of aliphatic imine (C=N–C) groups is 1. The Kier molecular flexibility index (Phi) is 6.78. The maximum absolute atomic E-state index is 13.6. The van der Waals surface area contributed by atoms with Crippen LogP contribution in [0, 0.1) is 0 Å². The fourth-order valence-electron chi connectivity index (χ4n) is 5.16. The molecule has 5 rings (SSSR count). The molecule has 8 nitrogen and oxygen atoms in total. The van der Waals surface area contributed by atoms with E-state index in [1.165, 1.54) is 0 Å². The lowest BCUT2D eigenvalue weighted by atomic mass is 9.92. The number of likely N-dealkylation sites (tertiary alicyclic amines) is 1. The Hall–Kier alpha value is -3.65. The molecule has 0 bridgehead atoms. The van der Waals surface area contributed by atoms with E-state index in [1.807, 2.05) is 42.5 Å². The maximum atomic E-state index is 13.6. The van der Waals surface area contributed by atoms with Crippen LogP contribution < -0.4 is 15.4 Å². The molecule has 0 spiro atoms. The van der Waals surface area contributed by atoms with Crippen LogP contribution in [0.4, 0.5) is 5.69 Å². The molecule has 36 heavy (non-hydrogen) atoms. The van der Waals surface area contributed by atoms with Gasteiger partial charge in [0.25, 0.3) is 5.91 Å². The molecule has 2 saturated heterocycles. The number of carbonyl (C=O) groups excluding carboxylic acids is 2. The normalized spacial score (nSPS) is 21.1. The SMILES string of the molecule is COc1ccc(N2Cc3cccc(C(N)=C4CN(C(C)=O)CCC4=NC4CCOCC4)c3C2=O)cc1. The number of piperidine rings is 1. The Morgan fingerprint density at radius 1 is 1.11 bits per heavy atom. The van der Waals surface area contributed by atoms with Gasteiger partial charge >= 0.3 is 0 Å². The number of methoxy groups -OCH3 is 1. The number of anilines is 1. The van der Waals surface area contributed by atoms with Gasteiger partial charge in [0.15, 0.2) is 0 Å². The molecule has 2 N–H and O–H groups in total. The third-order valence-corrected chi connectivity index (χ3v) is 7.23. The van der Waals surface area contributed by atoms with Crippen molar-refractivity contribution in [3.8, 4) is 5.75 Å². The quantitative estimate of drug-likeness (QED) is 0.712. The largest absolute Gasteiger partial charge is 0.497 e. The molecule has 8 heteroatoms. The van der Waals surface area contributed by atoms with Crippen LogP contribution in [0.15, 0.2) is 53.0 Å². The van der Waals surface area contributed by atoms with E-state index in [9.17, 15) is 9.59 Å². The van der Waals surface area contributed by atoms with Crippen molar-refractivity contribution in [2.24, 2.45) is 10.7 Å². The highest BCUT2D eigenvalue weighted by molar-refractivity contribution is 6.15. The van der Waals surface area contributed by atoms with E-state index in [0.717, 1.165) is 41.1 Å². The van der Waals surface area contributed by atoms with Gasteiger partial charge < -0.3 is 25.0 Å². The van der Waals surface area contributed by atoms with E-state index in [2.05, 4.69) is 0 Å². The summed E-state index contributed by atoms with van der Waals surface area (Å²) in [4.78, 5) is 34.5. The van der Waals surface area contributed by atoms with Gasteiger partial charge in [0, 0.05) is 67.9 Å². The molecule has 2 amide bonds. The summed E-state index contributed by atoms with van der Waals surface area (Å²) in [7, 11) is 1.62. The van der Waals surface area contributed by atoms with Gasteiger partial charge in [-0.15, -0.1) is 0 Å². The van der Waals surface area contributed by atoms with Gasteiger partial charge in [-0.3, -0.25) is 14.6 Å². The lowest BCUT2D eigenvalue weighted by Gasteiger charge is -2.31. The summed E-state index contributed by atoms with van der Waals surface area (Å²) in [5.74, 6) is 0.656. The topological polar surface area (TPSA) is 97.5 Å². The van der Waals surface area contributed by atoms with E-state index < -0.39 is 0 Å². The zero-order valence-corrected chi connectivity index (χ0v) is 20.8. The fourth-order valence-corrected chi connectivity index (χ4v) is 5.16. The van der Waals surface area contributed by atoms with E-state index in [1.54, 1.807) is 23.8 Å². The second-order valence-corrected chi connectivity index (χ2v) is 9.43. The van der Waals surface area contributed by atoms with Crippen LogP contribution >= 0.6 is 0 Å². The van der Waals surface area contributed by atoms with Crippen molar-refractivity contribution < 1.29 is 19.1 Å². The fraction of sp³-hybridized carbons (Fsp3) is 0.393. The highest BCUT2D eigenvalue weighted by atomic mass is 16.5.